The molecule has 0 fully saturated rings. The molecule has 0 N–H and O–H groups in total. The third-order valence-corrected chi connectivity index (χ3v) is 4.75. The molecule has 21 heavy (non-hydrogen) atoms. The number of hydrogen-bond acceptors (Lipinski definition) is 2. The van der Waals surface area contributed by atoms with Crippen LogP contribution in [0.3, 0.4) is 0 Å². The fraction of sp³-hybridized carbons (Fsp3) is 0.632. The van der Waals surface area contributed by atoms with Crippen molar-refractivity contribution in [2.24, 2.45) is 0 Å². The topological polar surface area (TPSA) is 20.3 Å². The Hall–Kier alpha value is -1.31. The number of rotatable bonds is 4. The van der Waals surface area contributed by atoms with Gasteiger partial charge in [-0.15, -0.1) is 0 Å². The summed E-state index contributed by atoms with van der Waals surface area (Å²) in [4.78, 5) is 14.2. The maximum absolute atomic E-state index is 11.7. The summed E-state index contributed by atoms with van der Waals surface area (Å²) in [5.74, 6) is 0.742. The highest BCUT2D eigenvalue weighted by Gasteiger charge is 2.33. The Morgan fingerprint density at radius 2 is 2.00 bits per heavy atom. The molecule has 2 heteroatoms. The SMILES string of the molecule is CCN1CCC(C)(C)c2cc(C(C)C)cc(CC(C)=O)c21. The van der Waals surface area contributed by atoms with E-state index in [9.17, 15) is 4.79 Å². The molecule has 0 aromatic heterocycles. The largest absolute Gasteiger partial charge is 0.371 e. The van der Waals surface area contributed by atoms with Crippen molar-refractivity contribution in [1.82, 2.24) is 0 Å². The molecule has 0 bridgehead atoms. The quantitative estimate of drug-likeness (QED) is 0.815. The molecule has 0 aliphatic carbocycles. The fourth-order valence-electron chi connectivity index (χ4n) is 3.32. The minimum absolute atomic E-state index is 0.192. The zero-order valence-corrected chi connectivity index (χ0v) is 14.4. The Morgan fingerprint density at radius 3 is 2.52 bits per heavy atom. The minimum Gasteiger partial charge on any atom is -0.371 e. The molecule has 0 radical (unpaired) electrons. The summed E-state index contributed by atoms with van der Waals surface area (Å²) in [5.41, 5.74) is 5.53. The van der Waals surface area contributed by atoms with Gasteiger partial charge in [-0.25, -0.2) is 0 Å². The summed E-state index contributed by atoms with van der Waals surface area (Å²) in [6.45, 7) is 15.1. The van der Waals surface area contributed by atoms with Gasteiger partial charge in [-0.05, 0) is 48.3 Å². The molecule has 116 valence electrons. The van der Waals surface area contributed by atoms with Gasteiger partial charge >= 0.3 is 0 Å². The van der Waals surface area contributed by atoms with E-state index in [1.165, 1.54) is 28.8 Å². The molecule has 0 atom stereocenters. The van der Waals surface area contributed by atoms with Crippen LogP contribution in [0.5, 0.6) is 0 Å². The van der Waals surface area contributed by atoms with Crippen molar-refractivity contribution in [3.8, 4) is 0 Å². The Labute approximate surface area is 129 Å². The van der Waals surface area contributed by atoms with Crippen LogP contribution in [0.4, 0.5) is 5.69 Å². The summed E-state index contributed by atoms with van der Waals surface area (Å²) >= 11 is 0. The molecule has 0 unspecified atom stereocenters. The van der Waals surface area contributed by atoms with Crippen molar-refractivity contribution in [2.75, 3.05) is 18.0 Å². The van der Waals surface area contributed by atoms with E-state index in [0.717, 1.165) is 13.1 Å². The van der Waals surface area contributed by atoms with Crippen LogP contribution in [-0.2, 0) is 16.6 Å². The number of anilines is 1. The smallest absolute Gasteiger partial charge is 0.134 e. The van der Waals surface area contributed by atoms with Gasteiger partial charge in [0.2, 0.25) is 0 Å². The Kier molecular flexibility index (Phi) is 4.46. The van der Waals surface area contributed by atoms with E-state index in [1.807, 2.05) is 0 Å². The van der Waals surface area contributed by atoms with Crippen LogP contribution in [0.15, 0.2) is 12.1 Å². The molecule has 0 saturated carbocycles. The zero-order valence-electron chi connectivity index (χ0n) is 14.4. The van der Waals surface area contributed by atoms with Gasteiger partial charge in [0.1, 0.15) is 5.78 Å². The average molecular weight is 287 g/mol. The monoisotopic (exact) mass is 287 g/mol. The van der Waals surface area contributed by atoms with E-state index in [1.54, 1.807) is 6.92 Å². The average Bonchev–Trinajstić information content (AvgIpc) is 2.38. The summed E-state index contributed by atoms with van der Waals surface area (Å²) in [7, 11) is 0. The number of fused-ring (bicyclic) bond motifs is 1. The van der Waals surface area contributed by atoms with Crippen molar-refractivity contribution in [3.63, 3.8) is 0 Å². The van der Waals surface area contributed by atoms with E-state index in [-0.39, 0.29) is 11.2 Å². The summed E-state index contributed by atoms with van der Waals surface area (Å²) in [6, 6.07) is 4.64. The maximum atomic E-state index is 11.7. The van der Waals surface area contributed by atoms with Crippen LogP contribution in [0.1, 0.15) is 70.6 Å². The highest BCUT2D eigenvalue weighted by molar-refractivity contribution is 5.81. The molecule has 0 amide bonds. The van der Waals surface area contributed by atoms with Crippen molar-refractivity contribution >= 4 is 11.5 Å². The van der Waals surface area contributed by atoms with Gasteiger partial charge in [-0.3, -0.25) is 4.79 Å². The lowest BCUT2D eigenvalue weighted by molar-refractivity contribution is -0.116. The van der Waals surface area contributed by atoms with Gasteiger partial charge in [0.15, 0.2) is 0 Å². The van der Waals surface area contributed by atoms with Crippen LogP contribution in [0.2, 0.25) is 0 Å². The molecule has 1 aromatic carbocycles. The first kappa shape index (κ1) is 16.1. The van der Waals surface area contributed by atoms with Crippen LogP contribution in [0, 0.1) is 0 Å². The third kappa shape index (κ3) is 3.14. The highest BCUT2D eigenvalue weighted by atomic mass is 16.1. The standard InChI is InChI=1S/C19H29NO/c1-7-20-9-8-19(5,6)17-12-15(13(2)3)11-16(18(17)20)10-14(4)21/h11-13H,7-10H2,1-6H3. The first-order valence-electron chi connectivity index (χ1n) is 8.18. The number of ketones is 1. The Morgan fingerprint density at radius 1 is 1.33 bits per heavy atom. The number of Topliss-reactive ketones (excluding diaryl/α,β-unsaturated/α-hetero) is 1. The number of hydrogen-bond donors (Lipinski definition) is 0. The number of carbonyl (C=O) groups is 1. The van der Waals surface area contributed by atoms with Crippen molar-refractivity contribution in [1.29, 1.82) is 0 Å². The van der Waals surface area contributed by atoms with Gasteiger partial charge in [-0.2, -0.15) is 0 Å². The van der Waals surface area contributed by atoms with Crippen LogP contribution in [0.25, 0.3) is 0 Å². The van der Waals surface area contributed by atoms with E-state index >= 15 is 0 Å². The first-order chi connectivity index (χ1) is 9.76. The van der Waals surface area contributed by atoms with Crippen LogP contribution in [-0.4, -0.2) is 18.9 Å². The van der Waals surface area contributed by atoms with Gasteiger partial charge in [0.05, 0.1) is 0 Å². The summed E-state index contributed by atoms with van der Waals surface area (Å²) in [6.07, 6.45) is 1.73. The Balaban J connectivity index is 2.68. The van der Waals surface area contributed by atoms with Crippen LogP contribution < -0.4 is 4.90 Å². The second kappa shape index (κ2) is 5.82. The summed E-state index contributed by atoms with van der Waals surface area (Å²) < 4.78 is 0. The second-order valence-electron chi connectivity index (χ2n) is 7.32. The van der Waals surface area contributed by atoms with Crippen molar-refractivity contribution in [3.05, 3.63) is 28.8 Å². The summed E-state index contributed by atoms with van der Waals surface area (Å²) in [5, 5.41) is 0. The predicted molar refractivity (Wildman–Crippen MR) is 90.4 cm³/mol. The van der Waals surface area contributed by atoms with E-state index < -0.39 is 0 Å². The van der Waals surface area contributed by atoms with E-state index in [0.29, 0.717) is 12.3 Å². The predicted octanol–water partition coefficient (Wildman–Crippen LogP) is 4.45. The molecule has 2 nitrogen and oxygen atoms in total. The van der Waals surface area contributed by atoms with E-state index in [2.05, 4.69) is 51.7 Å². The maximum Gasteiger partial charge on any atom is 0.134 e. The van der Waals surface area contributed by atoms with Gasteiger partial charge in [0, 0.05) is 25.2 Å². The normalized spacial score (nSPS) is 17.0. The highest BCUT2D eigenvalue weighted by Crippen LogP contribution is 2.43. The molecular formula is C19H29NO. The molecule has 1 aliphatic heterocycles. The van der Waals surface area contributed by atoms with Crippen molar-refractivity contribution in [2.45, 2.75) is 65.7 Å². The second-order valence-corrected chi connectivity index (χ2v) is 7.32. The Bertz CT molecular complexity index is 543. The first-order valence-corrected chi connectivity index (χ1v) is 8.18. The fourth-order valence-corrected chi connectivity index (χ4v) is 3.32. The molecule has 1 aromatic rings. The molecular weight excluding hydrogens is 258 g/mol. The third-order valence-electron chi connectivity index (χ3n) is 4.75. The lowest BCUT2D eigenvalue weighted by Gasteiger charge is -2.41. The number of nitrogens with zero attached hydrogens (tertiary/aromatic N) is 1. The van der Waals surface area contributed by atoms with Gasteiger partial charge in [0.25, 0.3) is 0 Å². The number of benzene rings is 1. The molecule has 0 spiro atoms. The minimum atomic E-state index is 0.192. The van der Waals surface area contributed by atoms with E-state index in [4.69, 9.17) is 0 Å². The van der Waals surface area contributed by atoms with Crippen LogP contribution >= 0.6 is 0 Å². The number of carbonyl (C=O) groups excluding carboxylic acids is 1. The molecule has 1 aliphatic rings. The molecule has 2 rings (SSSR count). The zero-order chi connectivity index (χ0) is 15.8. The van der Waals surface area contributed by atoms with Crippen molar-refractivity contribution < 1.29 is 4.79 Å². The lowest BCUT2D eigenvalue weighted by atomic mass is 9.75. The van der Waals surface area contributed by atoms with Gasteiger partial charge < -0.3 is 4.90 Å². The lowest BCUT2D eigenvalue weighted by Crippen LogP contribution is -2.38. The molecule has 0 saturated heterocycles. The van der Waals surface area contributed by atoms with Gasteiger partial charge in [-0.1, -0.05) is 39.8 Å². The molecule has 1 heterocycles.